The summed E-state index contributed by atoms with van der Waals surface area (Å²) in [6.45, 7) is 5.28. The van der Waals surface area contributed by atoms with Crippen molar-refractivity contribution in [3.63, 3.8) is 0 Å². The molecule has 0 saturated heterocycles. The highest BCUT2D eigenvalue weighted by Gasteiger charge is 2.36. The van der Waals surface area contributed by atoms with Gasteiger partial charge < -0.3 is 5.11 Å². The van der Waals surface area contributed by atoms with E-state index in [1.54, 1.807) is 0 Å². The van der Waals surface area contributed by atoms with Gasteiger partial charge in [0.2, 0.25) is 0 Å². The second-order valence-corrected chi connectivity index (χ2v) is 1.47. The largest absolute Gasteiger partial charge is 0.414 e. The summed E-state index contributed by atoms with van der Waals surface area (Å²) in [5.41, 5.74) is 0. The lowest BCUT2D eigenvalue weighted by Gasteiger charge is -2.10. The summed E-state index contributed by atoms with van der Waals surface area (Å²) in [6.07, 6.45) is -6.86. The van der Waals surface area contributed by atoms with E-state index in [0.29, 0.717) is 0 Å². The van der Waals surface area contributed by atoms with E-state index in [2.05, 4.69) is 0 Å². The molecule has 0 aromatic heterocycles. The number of hydrogen-bond acceptors (Lipinski definition) is 1. The molecule has 0 aliphatic heterocycles. The molecule has 64 valence electrons. The second kappa shape index (κ2) is 5.53. The maximum atomic E-state index is 11.2. The lowest BCUT2D eigenvalue weighted by molar-refractivity contribution is -0.204. The fraction of sp³-hybridized carbons (Fsp3) is 1.00. The van der Waals surface area contributed by atoms with Crippen LogP contribution in [0.4, 0.5) is 13.2 Å². The maximum absolute atomic E-state index is 11.2. The number of alkyl halides is 3. The highest BCUT2D eigenvalue weighted by atomic mass is 19.4. The molecule has 4 heteroatoms. The van der Waals surface area contributed by atoms with Gasteiger partial charge in [0.15, 0.2) is 0 Å². The van der Waals surface area contributed by atoms with Gasteiger partial charge in [-0.1, -0.05) is 20.8 Å². The molecular formula is C6H13F3O. The van der Waals surface area contributed by atoms with E-state index in [1.165, 1.54) is 6.92 Å². The summed E-state index contributed by atoms with van der Waals surface area (Å²) in [4.78, 5) is 0. The van der Waals surface area contributed by atoms with E-state index in [1.807, 2.05) is 13.8 Å². The van der Waals surface area contributed by atoms with Crippen LogP contribution in [0, 0.1) is 0 Å². The van der Waals surface area contributed by atoms with Crippen LogP contribution in [0.1, 0.15) is 27.2 Å². The number of hydrogen-bond donors (Lipinski definition) is 1. The molecule has 0 bridgehead atoms. The van der Waals surface area contributed by atoms with Crippen molar-refractivity contribution in [3.8, 4) is 0 Å². The van der Waals surface area contributed by atoms with Gasteiger partial charge in [0, 0.05) is 0 Å². The predicted octanol–water partition coefficient (Wildman–Crippen LogP) is 2.35. The molecule has 10 heavy (non-hydrogen) atoms. The minimum atomic E-state index is -4.44. The van der Waals surface area contributed by atoms with Gasteiger partial charge in [-0.25, -0.2) is 0 Å². The molecule has 0 aromatic rings. The molecule has 1 unspecified atom stereocenters. The highest BCUT2D eigenvalue weighted by Crippen LogP contribution is 2.21. The summed E-state index contributed by atoms with van der Waals surface area (Å²) < 4.78 is 33.6. The van der Waals surface area contributed by atoms with Gasteiger partial charge in [0.1, 0.15) is 6.10 Å². The third-order valence-corrected chi connectivity index (χ3v) is 0.765. The third kappa shape index (κ3) is 5.88. The van der Waals surface area contributed by atoms with Crippen LogP contribution in [0.15, 0.2) is 0 Å². The first-order chi connectivity index (χ1) is 4.48. The van der Waals surface area contributed by atoms with E-state index in [9.17, 15) is 13.2 Å². The van der Waals surface area contributed by atoms with Crippen molar-refractivity contribution < 1.29 is 18.3 Å². The first-order valence-corrected chi connectivity index (χ1v) is 3.23. The third-order valence-electron chi connectivity index (χ3n) is 0.765. The van der Waals surface area contributed by atoms with Crippen molar-refractivity contribution >= 4 is 0 Å². The van der Waals surface area contributed by atoms with E-state index >= 15 is 0 Å². The minimum Gasteiger partial charge on any atom is -0.384 e. The van der Waals surface area contributed by atoms with Crippen LogP contribution in [-0.2, 0) is 0 Å². The van der Waals surface area contributed by atoms with Crippen molar-refractivity contribution in [2.24, 2.45) is 0 Å². The van der Waals surface area contributed by atoms with Gasteiger partial charge in [-0.05, 0) is 6.42 Å². The highest BCUT2D eigenvalue weighted by molar-refractivity contribution is 4.60. The minimum absolute atomic E-state index is 0.274. The molecule has 0 aliphatic carbocycles. The zero-order valence-electron chi connectivity index (χ0n) is 6.37. The van der Waals surface area contributed by atoms with Crippen molar-refractivity contribution in [3.05, 3.63) is 0 Å². The molecule has 1 N–H and O–H groups in total. The Morgan fingerprint density at radius 2 is 1.60 bits per heavy atom. The summed E-state index contributed by atoms with van der Waals surface area (Å²) in [7, 11) is 0. The fourth-order valence-electron chi connectivity index (χ4n) is 0.231. The Morgan fingerprint density at radius 3 is 1.60 bits per heavy atom. The van der Waals surface area contributed by atoms with Crippen LogP contribution in [0.2, 0.25) is 0 Å². The molecule has 0 amide bonds. The molecule has 1 atom stereocenters. The van der Waals surface area contributed by atoms with E-state index < -0.39 is 12.3 Å². The quantitative estimate of drug-likeness (QED) is 0.621. The Labute approximate surface area is 58.9 Å². The second-order valence-electron chi connectivity index (χ2n) is 1.47. The maximum Gasteiger partial charge on any atom is 0.414 e. The summed E-state index contributed by atoms with van der Waals surface area (Å²) >= 11 is 0. The fourth-order valence-corrected chi connectivity index (χ4v) is 0.231. The Kier molecular flexibility index (Phi) is 6.87. The van der Waals surface area contributed by atoms with Crippen molar-refractivity contribution in [1.29, 1.82) is 0 Å². The molecule has 0 saturated carbocycles. The summed E-state index contributed by atoms with van der Waals surface area (Å²) in [5.74, 6) is 0. The first-order valence-electron chi connectivity index (χ1n) is 3.23. The number of aliphatic hydroxyl groups excluding tert-OH is 1. The molecule has 0 aromatic carbocycles. The Bertz CT molecular complexity index is 69.9. The van der Waals surface area contributed by atoms with Gasteiger partial charge in [0.05, 0.1) is 0 Å². The number of aliphatic hydroxyl groups is 1. The Balaban J connectivity index is 0. The van der Waals surface area contributed by atoms with Crippen molar-refractivity contribution in [1.82, 2.24) is 0 Å². The zero-order chi connectivity index (χ0) is 8.78. The first kappa shape index (κ1) is 12.4. The van der Waals surface area contributed by atoms with Gasteiger partial charge in [-0.15, -0.1) is 0 Å². The van der Waals surface area contributed by atoms with Gasteiger partial charge in [-0.2, -0.15) is 13.2 Å². The summed E-state index contributed by atoms with van der Waals surface area (Å²) in [6, 6.07) is 0. The smallest absolute Gasteiger partial charge is 0.384 e. The van der Waals surface area contributed by atoms with Crippen LogP contribution >= 0.6 is 0 Å². The monoisotopic (exact) mass is 158 g/mol. The molecule has 1 nitrogen and oxygen atoms in total. The normalized spacial score (nSPS) is 13.5. The average Bonchev–Trinajstić information content (AvgIpc) is 1.89. The zero-order valence-corrected chi connectivity index (χ0v) is 6.37. The van der Waals surface area contributed by atoms with Gasteiger partial charge in [-0.3, -0.25) is 0 Å². The van der Waals surface area contributed by atoms with Gasteiger partial charge in [0.25, 0.3) is 0 Å². The topological polar surface area (TPSA) is 20.2 Å². The van der Waals surface area contributed by atoms with E-state index in [-0.39, 0.29) is 6.42 Å². The average molecular weight is 158 g/mol. The lowest BCUT2D eigenvalue weighted by Crippen LogP contribution is -2.27. The van der Waals surface area contributed by atoms with E-state index in [4.69, 9.17) is 5.11 Å². The number of halogens is 3. The predicted molar refractivity (Wildman–Crippen MR) is 33.7 cm³/mol. The van der Waals surface area contributed by atoms with Crippen molar-refractivity contribution in [2.45, 2.75) is 39.5 Å². The SMILES string of the molecule is CC.CCC(O)C(F)(F)F. The van der Waals surface area contributed by atoms with Crippen LogP contribution in [-0.4, -0.2) is 17.4 Å². The van der Waals surface area contributed by atoms with Crippen LogP contribution in [0.5, 0.6) is 0 Å². The Hall–Kier alpha value is -0.250. The van der Waals surface area contributed by atoms with Crippen LogP contribution in [0.3, 0.4) is 0 Å². The molecular weight excluding hydrogens is 145 g/mol. The molecule has 0 rings (SSSR count). The van der Waals surface area contributed by atoms with Gasteiger partial charge >= 0.3 is 6.18 Å². The standard InChI is InChI=1S/C4H7F3O.C2H6/c1-2-3(8)4(5,6)7;1-2/h3,8H,2H2,1H3;1-2H3. The molecule has 0 aliphatic rings. The summed E-state index contributed by atoms with van der Waals surface area (Å²) in [5, 5.41) is 8.07. The molecule has 0 heterocycles. The van der Waals surface area contributed by atoms with Crippen LogP contribution < -0.4 is 0 Å². The van der Waals surface area contributed by atoms with E-state index in [0.717, 1.165) is 0 Å². The molecule has 0 radical (unpaired) electrons. The molecule has 0 spiro atoms. The van der Waals surface area contributed by atoms with Crippen LogP contribution in [0.25, 0.3) is 0 Å². The Morgan fingerprint density at radius 1 is 1.30 bits per heavy atom. The molecule has 0 fully saturated rings. The lowest BCUT2D eigenvalue weighted by atomic mass is 10.3. The number of rotatable bonds is 1. The van der Waals surface area contributed by atoms with Crippen molar-refractivity contribution in [2.75, 3.05) is 0 Å².